The molecule has 0 amide bonds. The van der Waals surface area contributed by atoms with Crippen LogP contribution in [0.3, 0.4) is 0 Å². The molecule has 3 N–H and O–H groups in total. The average Bonchev–Trinajstić information content (AvgIpc) is 3.09. The van der Waals surface area contributed by atoms with Crippen LogP contribution in [0.1, 0.15) is 11.5 Å². The van der Waals surface area contributed by atoms with Crippen LogP contribution in [-0.4, -0.2) is 21.3 Å². The van der Waals surface area contributed by atoms with Gasteiger partial charge in [-0.25, -0.2) is 4.98 Å². The van der Waals surface area contributed by atoms with E-state index in [9.17, 15) is 0 Å². The summed E-state index contributed by atoms with van der Waals surface area (Å²) in [7, 11) is 0. The minimum atomic E-state index is 0.484. The van der Waals surface area contributed by atoms with Crippen LogP contribution in [-0.2, 0) is 0 Å². The number of hydrazone groups is 1. The Labute approximate surface area is 124 Å². The maximum absolute atomic E-state index is 5.52. The number of nitrogens with zero attached hydrogens (tertiary/aromatic N) is 4. The molecule has 106 valence electrons. The van der Waals surface area contributed by atoms with Crippen molar-refractivity contribution in [2.45, 2.75) is 6.92 Å². The maximum Gasteiger partial charge on any atom is 0.223 e. The largest absolute Gasteiger partial charge is 0.383 e. The standard InChI is InChI=1S/C13H12N6OS/c1-8-16-12(19-20-8)10-4-2-9(3-5-10)6-15-18-13-17-11(14)7-21-13/h2-7H,14H2,1H3,(H,17,18). The summed E-state index contributed by atoms with van der Waals surface area (Å²) in [6.07, 6.45) is 1.70. The zero-order valence-corrected chi connectivity index (χ0v) is 12.0. The van der Waals surface area contributed by atoms with Crippen LogP contribution in [0.2, 0.25) is 0 Å². The van der Waals surface area contributed by atoms with E-state index in [1.807, 2.05) is 24.3 Å². The van der Waals surface area contributed by atoms with Gasteiger partial charge in [-0.2, -0.15) is 10.1 Å². The molecule has 0 saturated carbocycles. The molecule has 1 aromatic carbocycles. The molecular formula is C13H12N6OS. The summed E-state index contributed by atoms with van der Waals surface area (Å²) >= 11 is 1.40. The Hall–Kier alpha value is -2.74. The number of benzene rings is 1. The molecule has 0 bridgehead atoms. The molecule has 3 aromatic rings. The van der Waals surface area contributed by atoms with Crippen LogP contribution in [0.5, 0.6) is 0 Å². The lowest BCUT2D eigenvalue weighted by Crippen LogP contribution is -1.91. The molecule has 8 heteroatoms. The minimum Gasteiger partial charge on any atom is -0.383 e. The lowest BCUT2D eigenvalue weighted by molar-refractivity contribution is 0.394. The van der Waals surface area contributed by atoms with Gasteiger partial charge in [0, 0.05) is 17.9 Å². The van der Waals surface area contributed by atoms with Crippen molar-refractivity contribution in [2.24, 2.45) is 5.10 Å². The Morgan fingerprint density at radius 2 is 2.10 bits per heavy atom. The van der Waals surface area contributed by atoms with Gasteiger partial charge in [-0.3, -0.25) is 5.43 Å². The van der Waals surface area contributed by atoms with Crippen molar-refractivity contribution < 1.29 is 4.52 Å². The van der Waals surface area contributed by atoms with Gasteiger partial charge in [0.25, 0.3) is 0 Å². The zero-order valence-electron chi connectivity index (χ0n) is 11.1. The number of hydrogen-bond donors (Lipinski definition) is 2. The Morgan fingerprint density at radius 3 is 2.71 bits per heavy atom. The van der Waals surface area contributed by atoms with Gasteiger partial charge in [0.1, 0.15) is 5.82 Å². The van der Waals surface area contributed by atoms with Crippen molar-refractivity contribution in [3.63, 3.8) is 0 Å². The molecule has 0 fully saturated rings. The monoisotopic (exact) mass is 300 g/mol. The fourth-order valence-electron chi connectivity index (χ4n) is 1.63. The number of thiazole rings is 1. The van der Waals surface area contributed by atoms with Gasteiger partial charge in [-0.05, 0) is 5.56 Å². The number of aromatic nitrogens is 3. The molecule has 0 aliphatic carbocycles. The highest BCUT2D eigenvalue weighted by molar-refractivity contribution is 7.14. The second-order valence-corrected chi connectivity index (χ2v) is 5.06. The Morgan fingerprint density at radius 1 is 1.29 bits per heavy atom. The second-order valence-electron chi connectivity index (χ2n) is 4.21. The van der Waals surface area contributed by atoms with Crippen molar-refractivity contribution in [3.05, 3.63) is 41.1 Å². The number of rotatable bonds is 4. The molecule has 21 heavy (non-hydrogen) atoms. The van der Waals surface area contributed by atoms with Crippen molar-refractivity contribution in [1.82, 2.24) is 15.1 Å². The third-order valence-electron chi connectivity index (χ3n) is 2.59. The summed E-state index contributed by atoms with van der Waals surface area (Å²) in [6.45, 7) is 1.76. The molecule has 0 aliphatic heterocycles. The smallest absolute Gasteiger partial charge is 0.223 e. The van der Waals surface area contributed by atoms with Crippen LogP contribution in [0.25, 0.3) is 11.4 Å². The van der Waals surface area contributed by atoms with Gasteiger partial charge in [-0.1, -0.05) is 29.4 Å². The van der Waals surface area contributed by atoms with Crippen molar-refractivity contribution in [1.29, 1.82) is 0 Å². The predicted octanol–water partition coefficient (Wildman–Crippen LogP) is 2.53. The highest BCUT2D eigenvalue weighted by Gasteiger charge is 2.04. The number of nitrogens with two attached hydrogens (primary N) is 1. The normalized spacial score (nSPS) is 11.1. The van der Waals surface area contributed by atoms with Crippen LogP contribution in [0.15, 0.2) is 39.3 Å². The second kappa shape index (κ2) is 5.71. The van der Waals surface area contributed by atoms with Crippen molar-refractivity contribution >= 4 is 28.5 Å². The summed E-state index contributed by atoms with van der Waals surface area (Å²) in [5.41, 5.74) is 10.2. The molecule has 0 radical (unpaired) electrons. The van der Waals surface area contributed by atoms with Crippen LogP contribution in [0.4, 0.5) is 10.9 Å². The van der Waals surface area contributed by atoms with Crippen LogP contribution < -0.4 is 11.2 Å². The number of aryl methyl sites for hydroxylation is 1. The maximum atomic E-state index is 5.52. The van der Waals surface area contributed by atoms with Gasteiger partial charge in [0.2, 0.25) is 16.8 Å². The fourth-order valence-corrected chi connectivity index (χ4v) is 2.18. The third-order valence-corrected chi connectivity index (χ3v) is 3.36. The SMILES string of the molecule is Cc1nc(-c2ccc(C=NNc3nc(N)cs3)cc2)no1. The summed E-state index contributed by atoms with van der Waals surface area (Å²) in [5.74, 6) is 1.60. The summed E-state index contributed by atoms with van der Waals surface area (Å²) < 4.78 is 4.95. The Kier molecular flexibility index (Phi) is 3.61. The van der Waals surface area contributed by atoms with E-state index in [4.69, 9.17) is 10.3 Å². The van der Waals surface area contributed by atoms with E-state index in [0.717, 1.165) is 11.1 Å². The van der Waals surface area contributed by atoms with Gasteiger partial charge < -0.3 is 10.3 Å². The van der Waals surface area contributed by atoms with Crippen molar-refractivity contribution in [3.8, 4) is 11.4 Å². The minimum absolute atomic E-state index is 0.484. The number of nitrogens with one attached hydrogen (secondary N) is 1. The molecule has 0 spiro atoms. The van der Waals surface area contributed by atoms with E-state index in [-0.39, 0.29) is 0 Å². The van der Waals surface area contributed by atoms with Gasteiger partial charge in [0.05, 0.1) is 6.21 Å². The molecule has 0 saturated heterocycles. The number of hydrogen-bond acceptors (Lipinski definition) is 8. The van der Waals surface area contributed by atoms with E-state index < -0.39 is 0 Å². The average molecular weight is 300 g/mol. The first-order valence-corrected chi connectivity index (χ1v) is 6.99. The fraction of sp³-hybridized carbons (Fsp3) is 0.0769. The first-order valence-electron chi connectivity index (χ1n) is 6.11. The zero-order chi connectivity index (χ0) is 14.7. The first-order chi connectivity index (χ1) is 10.2. The van der Waals surface area contributed by atoms with Crippen LogP contribution >= 0.6 is 11.3 Å². The van der Waals surface area contributed by atoms with Gasteiger partial charge in [-0.15, -0.1) is 11.3 Å². The highest BCUT2D eigenvalue weighted by Crippen LogP contribution is 2.17. The van der Waals surface area contributed by atoms with E-state index in [2.05, 4.69) is 25.7 Å². The number of anilines is 2. The van der Waals surface area contributed by atoms with Gasteiger partial charge in [0.15, 0.2) is 0 Å². The summed E-state index contributed by atoms with van der Waals surface area (Å²) in [5, 5.41) is 10.4. The van der Waals surface area contributed by atoms with Crippen LogP contribution in [0, 0.1) is 6.92 Å². The molecule has 0 unspecified atom stereocenters. The quantitative estimate of drug-likeness (QED) is 0.567. The lowest BCUT2D eigenvalue weighted by Gasteiger charge is -1.96. The molecule has 0 aliphatic rings. The molecule has 2 aromatic heterocycles. The summed E-state index contributed by atoms with van der Waals surface area (Å²) in [6, 6.07) is 7.66. The highest BCUT2D eigenvalue weighted by atomic mass is 32.1. The molecule has 7 nitrogen and oxygen atoms in total. The predicted molar refractivity (Wildman–Crippen MR) is 82.2 cm³/mol. The lowest BCUT2D eigenvalue weighted by atomic mass is 10.1. The van der Waals surface area contributed by atoms with E-state index in [1.54, 1.807) is 18.5 Å². The number of nitrogen functional groups attached to an aromatic ring is 1. The van der Waals surface area contributed by atoms with E-state index >= 15 is 0 Å². The van der Waals surface area contributed by atoms with Crippen molar-refractivity contribution in [2.75, 3.05) is 11.2 Å². The molecule has 2 heterocycles. The van der Waals surface area contributed by atoms with E-state index in [1.165, 1.54) is 11.3 Å². The Balaban J connectivity index is 1.66. The summed E-state index contributed by atoms with van der Waals surface area (Å²) in [4.78, 5) is 8.21. The topological polar surface area (TPSA) is 102 Å². The Bertz CT molecular complexity index is 761. The first kappa shape index (κ1) is 13.3. The third kappa shape index (κ3) is 3.23. The molecule has 3 rings (SSSR count). The van der Waals surface area contributed by atoms with Gasteiger partial charge >= 0.3 is 0 Å². The van der Waals surface area contributed by atoms with E-state index in [0.29, 0.717) is 22.7 Å². The molecule has 0 atom stereocenters. The molecular weight excluding hydrogens is 288 g/mol.